The number of hydrogen-bond donors (Lipinski definition) is 1. The monoisotopic (exact) mass is 266 g/mol. The van der Waals surface area contributed by atoms with Crippen molar-refractivity contribution >= 4 is 16.8 Å². The zero-order valence-electron chi connectivity index (χ0n) is 12.0. The van der Waals surface area contributed by atoms with Crippen molar-refractivity contribution in [3.05, 3.63) is 48.0 Å². The highest BCUT2D eigenvalue weighted by molar-refractivity contribution is 5.77. The molecule has 1 heterocycles. The molecule has 3 aromatic rings. The summed E-state index contributed by atoms with van der Waals surface area (Å²) in [5.74, 6) is 0.610. The molecule has 2 aromatic carbocycles. The molecule has 0 saturated heterocycles. The molecule has 3 heteroatoms. The van der Waals surface area contributed by atoms with Crippen LogP contribution in [0.15, 0.2) is 46.9 Å². The van der Waals surface area contributed by atoms with Gasteiger partial charge in [0.05, 0.1) is 0 Å². The van der Waals surface area contributed by atoms with Crippen LogP contribution >= 0.6 is 0 Å². The molecule has 20 heavy (non-hydrogen) atoms. The molecule has 0 atom stereocenters. The van der Waals surface area contributed by atoms with Crippen molar-refractivity contribution in [3.8, 4) is 11.5 Å². The average molecular weight is 266 g/mol. The van der Waals surface area contributed by atoms with Crippen LogP contribution in [0, 0.1) is 0 Å². The van der Waals surface area contributed by atoms with Gasteiger partial charge in [0.15, 0.2) is 5.58 Å². The van der Waals surface area contributed by atoms with Crippen molar-refractivity contribution in [3.63, 3.8) is 0 Å². The summed E-state index contributed by atoms with van der Waals surface area (Å²) in [5.41, 5.74) is 10.4. The van der Waals surface area contributed by atoms with Gasteiger partial charge in [-0.15, -0.1) is 0 Å². The fourth-order valence-corrected chi connectivity index (χ4v) is 2.19. The molecule has 2 N–H and O–H groups in total. The van der Waals surface area contributed by atoms with Gasteiger partial charge in [-0.3, -0.25) is 0 Å². The number of fused-ring (bicyclic) bond motifs is 1. The zero-order valence-corrected chi connectivity index (χ0v) is 12.0. The standard InChI is InChI=1S/C17H18N2O/c1-17(2,3)12-7-8-15-14(10-12)19-16(20-15)11-5-4-6-13(18)9-11/h4-10H,18H2,1-3H3. The molecule has 0 bridgehead atoms. The minimum atomic E-state index is 0.102. The summed E-state index contributed by atoms with van der Waals surface area (Å²) in [5, 5.41) is 0. The Bertz CT molecular complexity index is 766. The van der Waals surface area contributed by atoms with Crippen molar-refractivity contribution in [2.75, 3.05) is 5.73 Å². The zero-order chi connectivity index (χ0) is 14.3. The first kappa shape index (κ1) is 12.7. The summed E-state index contributed by atoms with van der Waals surface area (Å²) in [6.07, 6.45) is 0. The van der Waals surface area contributed by atoms with Gasteiger partial charge in [0.2, 0.25) is 5.89 Å². The Kier molecular flexibility index (Phi) is 2.78. The molecule has 102 valence electrons. The van der Waals surface area contributed by atoms with E-state index in [0.717, 1.165) is 16.7 Å². The second-order valence-electron chi connectivity index (χ2n) is 6.08. The third kappa shape index (κ3) is 2.27. The van der Waals surface area contributed by atoms with E-state index in [0.29, 0.717) is 11.6 Å². The molecule has 1 aromatic heterocycles. The van der Waals surface area contributed by atoms with Crippen LogP contribution in [0.1, 0.15) is 26.3 Å². The van der Waals surface area contributed by atoms with E-state index in [1.807, 2.05) is 30.3 Å². The minimum Gasteiger partial charge on any atom is -0.436 e. The smallest absolute Gasteiger partial charge is 0.227 e. The first-order valence-corrected chi connectivity index (χ1v) is 6.70. The van der Waals surface area contributed by atoms with Gasteiger partial charge in [-0.2, -0.15) is 0 Å². The maximum Gasteiger partial charge on any atom is 0.227 e. The van der Waals surface area contributed by atoms with Gasteiger partial charge in [-0.1, -0.05) is 32.9 Å². The summed E-state index contributed by atoms with van der Waals surface area (Å²) >= 11 is 0. The summed E-state index contributed by atoms with van der Waals surface area (Å²) in [4.78, 5) is 4.58. The fourth-order valence-electron chi connectivity index (χ4n) is 2.19. The Labute approximate surface area is 118 Å². The van der Waals surface area contributed by atoms with Crippen LogP contribution in [0.5, 0.6) is 0 Å². The summed E-state index contributed by atoms with van der Waals surface area (Å²) < 4.78 is 5.81. The van der Waals surface area contributed by atoms with Gasteiger partial charge in [0.25, 0.3) is 0 Å². The molecular formula is C17H18N2O. The molecule has 0 saturated carbocycles. The van der Waals surface area contributed by atoms with Gasteiger partial charge in [0.1, 0.15) is 5.52 Å². The van der Waals surface area contributed by atoms with Crippen LogP contribution in [0.2, 0.25) is 0 Å². The quantitative estimate of drug-likeness (QED) is 0.665. The molecule has 3 rings (SSSR count). The number of nitrogen functional groups attached to an aromatic ring is 1. The first-order valence-electron chi connectivity index (χ1n) is 6.70. The third-order valence-corrected chi connectivity index (χ3v) is 3.39. The van der Waals surface area contributed by atoms with Gasteiger partial charge >= 0.3 is 0 Å². The lowest BCUT2D eigenvalue weighted by molar-refractivity contribution is 0.590. The number of nitrogens with zero attached hydrogens (tertiary/aromatic N) is 1. The second-order valence-corrected chi connectivity index (χ2v) is 6.08. The summed E-state index contributed by atoms with van der Waals surface area (Å²) in [7, 11) is 0. The van der Waals surface area contributed by atoms with Crippen molar-refractivity contribution in [1.29, 1.82) is 0 Å². The highest BCUT2D eigenvalue weighted by Gasteiger charge is 2.16. The number of rotatable bonds is 1. The highest BCUT2D eigenvalue weighted by Crippen LogP contribution is 2.29. The third-order valence-electron chi connectivity index (χ3n) is 3.39. The molecule has 0 spiro atoms. The van der Waals surface area contributed by atoms with Crippen molar-refractivity contribution in [2.45, 2.75) is 26.2 Å². The number of hydrogen-bond acceptors (Lipinski definition) is 3. The van der Waals surface area contributed by atoms with E-state index in [1.54, 1.807) is 0 Å². The minimum absolute atomic E-state index is 0.102. The van der Waals surface area contributed by atoms with E-state index in [1.165, 1.54) is 5.56 Å². The number of anilines is 1. The number of aromatic nitrogens is 1. The number of oxazole rings is 1. The molecule has 0 aliphatic carbocycles. The highest BCUT2D eigenvalue weighted by atomic mass is 16.3. The van der Waals surface area contributed by atoms with E-state index in [4.69, 9.17) is 10.2 Å². The average Bonchev–Trinajstić information content (AvgIpc) is 2.80. The van der Waals surface area contributed by atoms with E-state index in [-0.39, 0.29) is 5.41 Å². The Morgan fingerprint density at radius 2 is 1.85 bits per heavy atom. The van der Waals surface area contributed by atoms with E-state index >= 15 is 0 Å². The van der Waals surface area contributed by atoms with Crippen molar-refractivity contribution < 1.29 is 4.42 Å². The fraction of sp³-hybridized carbons (Fsp3) is 0.235. The Balaban J connectivity index is 2.11. The normalized spacial score (nSPS) is 11.9. The van der Waals surface area contributed by atoms with Crippen molar-refractivity contribution in [2.24, 2.45) is 0 Å². The van der Waals surface area contributed by atoms with Gasteiger partial charge in [0, 0.05) is 11.3 Å². The molecule has 3 nitrogen and oxygen atoms in total. The molecule has 0 aliphatic rings. The maximum atomic E-state index is 5.81. The molecule has 0 radical (unpaired) electrons. The van der Waals surface area contributed by atoms with Crippen LogP contribution in [-0.2, 0) is 5.41 Å². The van der Waals surface area contributed by atoms with E-state index < -0.39 is 0 Å². The van der Waals surface area contributed by atoms with Crippen LogP contribution in [0.3, 0.4) is 0 Å². The van der Waals surface area contributed by atoms with Gasteiger partial charge in [-0.05, 0) is 41.3 Å². The topological polar surface area (TPSA) is 52.0 Å². The SMILES string of the molecule is CC(C)(C)c1ccc2oc(-c3cccc(N)c3)nc2c1. The van der Waals surface area contributed by atoms with Gasteiger partial charge in [-0.25, -0.2) is 4.98 Å². The lowest BCUT2D eigenvalue weighted by Gasteiger charge is -2.18. The number of nitrogens with two attached hydrogens (primary N) is 1. The van der Waals surface area contributed by atoms with Crippen LogP contribution < -0.4 is 5.73 Å². The maximum absolute atomic E-state index is 5.81. The predicted octanol–water partition coefficient (Wildman–Crippen LogP) is 4.37. The van der Waals surface area contributed by atoms with Crippen LogP contribution in [0.25, 0.3) is 22.6 Å². The Morgan fingerprint density at radius 3 is 2.55 bits per heavy atom. The molecular weight excluding hydrogens is 248 g/mol. The largest absolute Gasteiger partial charge is 0.436 e. The first-order chi connectivity index (χ1) is 9.43. The van der Waals surface area contributed by atoms with Gasteiger partial charge < -0.3 is 10.2 Å². The second kappa shape index (κ2) is 4.37. The summed E-state index contributed by atoms with van der Waals surface area (Å²) in [6, 6.07) is 13.7. The molecule has 0 unspecified atom stereocenters. The molecule has 0 fully saturated rings. The molecule has 0 amide bonds. The lowest BCUT2D eigenvalue weighted by Crippen LogP contribution is -2.10. The molecule has 0 aliphatic heterocycles. The van der Waals surface area contributed by atoms with Crippen LogP contribution in [0.4, 0.5) is 5.69 Å². The lowest BCUT2D eigenvalue weighted by atomic mass is 9.87. The van der Waals surface area contributed by atoms with E-state index in [9.17, 15) is 0 Å². The van der Waals surface area contributed by atoms with Crippen molar-refractivity contribution in [1.82, 2.24) is 4.98 Å². The Morgan fingerprint density at radius 1 is 1.05 bits per heavy atom. The Hall–Kier alpha value is -2.29. The summed E-state index contributed by atoms with van der Waals surface area (Å²) in [6.45, 7) is 6.56. The van der Waals surface area contributed by atoms with E-state index in [2.05, 4.69) is 37.9 Å². The van der Waals surface area contributed by atoms with Crippen LogP contribution in [-0.4, -0.2) is 4.98 Å². The predicted molar refractivity (Wildman–Crippen MR) is 82.6 cm³/mol. The number of benzene rings is 2.